The van der Waals surface area contributed by atoms with Crippen molar-refractivity contribution in [1.82, 2.24) is 4.98 Å². The number of aromatic nitrogens is 1. The van der Waals surface area contributed by atoms with E-state index in [-0.39, 0.29) is 11.5 Å². The largest absolute Gasteiger partial charge is 0.504 e. The van der Waals surface area contributed by atoms with Crippen LogP contribution < -0.4 is 9.47 Å². The zero-order valence-corrected chi connectivity index (χ0v) is 44.4. The number of rotatable bonds is 3. The summed E-state index contributed by atoms with van der Waals surface area (Å²) in [6, 6.07) is 0. The minimum absolute atomic E-state index is 0.1000. The number of aryl methyl sites for hydroxylation is 1. The van der Waals surface area contributed by atoms with Crippen molar-refractivity contribution in [2.75, 3.05) is 6.79 Å². The first-order valence-electron chi connectivity index (χ1n) is 26.7. The van der Waals surface area contributed by atoms with Gasteiger partial charge in [-0.05, 0) is 223 Å². The Morgan fingerprint density at radius 3 is 1.40 bits per heavy atom. The van der Waals surface area contributed by atoms with Crippen LogP contribution in [0.5, 0.6) is 23.0 Å². The van der Waals surface area contributed by atoms with E-state index in [9.17, 15) is 10.2 Å². The van der Waals surface area contributed by atoms with Gasteiger partial charge in [-0.3, -0.25) is 0 Å². The van der Waals surface area contributed by atoms with E-state index >= 15 is 0 Å². The van der Waals surface area contributed by atoms with Crippen LogP contribution in [0.4, 0.5) is 0 Å². The first-order chi connectivity index (χ1) is 32.3. The Labute approximate surface area is 409 Å². The van der Waals surface area contributed by atoms with Crippen LogP contribution in [0.3, 0.4) is 0 Å². The molecule has 3 aromatic carbocycles. The normalized spacial score (nSPS) is 30.0. The zero-order chi connectivity index (χ0) is 48.8. The van der Waals surface area contributed by atoms with E-state index in [4.69, 9.17) is 13.9 Å². The maximum atomic E-state index is 10.5. The van der Waals surface area contributed by atoms with E-state index < -0.39 is 0 Å². The molecule has 68 heavy (non-hydrogen) atoms. The Balaban J connectivity index is 0.000000127. The van der Waals surface area contributed by atoms with Crippen molar-refractivity contribution in [3.8, 4) is 23.0 Å². The fraction of sp³-hybridized carbons (Fsp3) is 0.597. The zero-order valence-electron chi connectivity index (χ0n) is 44.4. The first kappa shape index (κ1) is 48.6. The SMILES string of the molecule is CC(C)=C[C@@H]1C[C@H](C)[C@H]2CC[C@H](C)c3c(O)c(O)c(C)c1c32.CC(C)=C[C@@H]1C[C@H](C)[C@H]2CC[C@H](C)c3c4c(c(C)c1c32)OCO4.CC(C)=C[C@H]1C[C@H](C)[C@H]2CC[C@@H](C)c3c2c1c(C)c1ncoc31. The molecule has 0 fully saturated rings. The number of oxazole rings is 1. The molecule has 366 valence electrons. The molecular formula is C62H83NO5. The van der Waals surface area contributed by atoms with E-state index in [1.54, 1.807) is 28.6 Å². The molecule has 1 aromatic heterocycles. The molecule has 0 spiro atoms. The third-order valence-corrected chi connectivity index (χ3v) is 18.1. The lowest BCUT2D eigenvalue weighted by atomic mass is 9.62. The van der Waals surface area contributed by atoms with Crippen molar-refractivity contribution in [1.29, 1.82) is 0 Å². The monoisotopic (exact) mass is 922 g/mol. The Bertz CT molecular complexity index is 2700. The fourth-order valence-electron chi connectivity index (χ4n) is 15.2. The summed E-state index contributed by atoms with van der Waals surface area (Å²) in [5.74, 6) is 9.28. The van der Waals surface area contributed by atoms with Crippen molar-refractivity contribution in [2.24, 2.45) is 17.8 Å². The molecule has 2 N–H and O–H groups in total. The second-order valence-electron chi connectivity index (χ2n) is 23.8. The molecule has 6 heteroatoms. The van der Waals surface area contributed by atoms with Crippen LogP contribution in [0.1, 0.15) is 261 Å². The molecule has 0 amide bonds. The number of phenols is 2. The summed E-state index contributed by atoms with van der Waals surface area (Å²) < 4.78 is 17.7. The molecule has 6 aliphatic carbocycles. The molecule has 4 aromatic rings. The number of ether oxygens (including phenoxy) is 2. The van der Waals surface area contributed by atoms with Gasteiger partial charge in [-0.15, -0.1) is 0 Å². The topological polar surface area (TPSA) is 85.0 Å². The van der Waals surface area contributed by atoms with Crippen molar-refractivity contribution in [3.63, 3.8) is 0 Å². The van der Waals surface area contributed by atoms with Crippen molar-refractivity contribution >= 4 is 11.1 Å². The lowest BCUT2D eigenvalue weighted by Gasteiger charge is -2.43. The van der Waals surface area contributed by atoms with E-state index in [2.05, 4.69) is 120 Å². The van der Waals surface area contributed by atoms with E-state index in [1.807, 2.05) is 6.92 Å². The number of fused-ring (bicyclic) bond motifs is 4. The molecule has 0 saturated heterocycles. The standard InChI is InChI=1S/C21H27NO.C21H28O2.C20H28O2/c2*1-11(2)8-15-9-13(4)16-7-6-12(3)17-19(16)18(15)14(5)20-21(17)23-10-22-20;1-10(2)8-14-9-12(4)15-7-6-11(3)16-18(15)17(14)13(5)19(21)20(16)22/h8,10,12-13,15-16H,6-7,9H2,1-5H3;8,12-13,15-16H,6-7,9-10H2,1-5H3;8,11-12,14-15,21-22H,6-7,9H2,1-5H3/t12-,13+,15+,16-;12-,13-,15+,16+;11-,12-,14+,15+/m100/s1. The smallest absolute Gasteiger partial charge is 0.231 e. The van der Waals surface area contributed by atoms with Crippen LogP contribution in [0.15, 0.2) is 45.8 Å². The van der Waals surface area contributed by atoms with E-state index in [0.717, 1.165) is 58.4 Å². The van der Waals surface area contributed by atoms with Gasteiger partial charge in [0.2, 0.25) is 6.79 Å². The van der Waals surface area contributed by atoms with E-state index in [1.165, 1.54) is 95.0 Å². The number of hydrogen-bond donors (Lipinski definition) is 2. The third kappa shape index (κ3) is 8.14. The van der Waals surface area contributed by atoms with Gasteiger partial charge in [-0.2, -0.15) is 0 Å². The van der Waals surface area contributed by atoms with Gasteiger partial charge in [0.25, 0.3) is 0 Å². The molecule has 1 aliphatic heterocycles. The molecule has 0 saturated carbocycles. The maximum Gasteiger partial charge on any atom is 0.231 e. The number of hydrogen-bond acceptors (Lipinski definition) is 6. The molecule has 6 nitrogen and oxygen atoms in total. The lowest BCUT2D eigenvalue weighted by Crippen LogP contribution is -2.28. The van der Waals surface area contributed by atoms with E-state index in [0.29, 0.717) is 66.0 Å². The van der Waals surface area contributed by atoms with Gasteiger partial charge in [-0.1, -0.05) is 76.5 Å². The average Bonchev–Trinajstić information content (AvgIpc) is 3.97. The summed E-state index contributed by atoms with van der Waals surface area (Å²) in [6.45, 7) is 34.1. The number of phenolic OH excluding ortho intramolecular Hbond substituents is 2. The summed E-state index contributed by atoms with van der Waals surface area (Å²) in [4.78, 5) is 4.56. The van der Waals surface area contributed by atoms with Gasteiger partial charge in [0.1, 0.15) is 5.52 Å². The van der Waals surface area contributed by atoms with Gasteiger partial charge in [0.15, 0.2) is 35.0 Å². The number of allylic oxidation sites excluding steroid dienone is 6. The van der Waals surface area contributed by atoms with Crippen molar-refractivity contribution in [2.45, 2.75) is 215 Å². The predicted octanol–water partition coefficient (Wildman–Crippen LogP) is 17.5. The molecule has 0 bridgehead atoms. The summed E-state index contributed by atoms with van der Waals surface area (Å²) in [7, 11) is 0. The molecule has 2 heterocycles. The van der Waals surface area contributed by atoms with Crippen LogP contribution in [0, 0.1) is 38.5 Å². The summed E-state index contributed by atoms with van der Waals surface area (Å²) in [5, 5.41) is 21.0. The third-order valence-electron chi connectivity index (χ3n) is 18.1. The van der Waals surface area contributed by atoms with Crippen LogP contribution in [0.2, 0.25) is 0 Å². The predicted molar refractivity (Wildman–Crippen MR) is 280 cm³/mol. The lowest BCUT2D eigenvalue weighted by molar-refractivity contribution is 0.172. The minimum atomic E-state index is 0.1000. The molecule has 0 radical (unpaired) electrons. The van der Waals surface area contributed by atoms with Crippen LogP contribution in [-0.2, 0) is 0 Å². The van der Waals surface area contributed by atoms with Crippen LogP contribution in [-0.4, -0.2) is 22.0 Å². The molecule has 12 atom stereocenters. The average molecular weight is 922 g/mol. The molecule has 7 aliphatic rings. The number of nitrogens with zero attached hydrogens (tertiary/aromatic N) is 1. The Morgan fingerprint density at radius 2 is 0.897 bits per heavy atom. The summed E-state index contributed by atoms with van der Waals surface area (Å²) >= 11 is 0. The second kappa shape index (κ2) is 18.7. The number of aromatic hydroxyl groups is 2. The van der Waals surface area contributed by atoms with Crippen LogP contribution in [0.25, 0.3) is 11.1 Å². The highest BCUT2D eigenvalue weighted by Crippen LogP contribution is 2.61. The van der Waals surface area contributed by atoms with Gasteiger partial charge in [-0.25, -0.2) is 4.98 Å². The van der Waals surface area contributed by atoms with Gasteiger partial charge in [0.05, 0.1) is 0 Å². The molecular weight excluding hydrogens is 839 g/mol. The fourth-order valence-corrected chi connectivity index (χ4v) is 15.2. The highest BCUT2D eigenvalue weighted by Gasteiger charge is 2.44. The van der Waals surface area contributed by atoms with Crippen molar-refractivity contribution < 1.29 is 24.1 Å². The molecule has 11 rings (SSSR count). The highest BCUT2D eigenvalue weighted by atomic mass is 16.7. The summed E-state index contributed by atoms with van der Waals surface area (Å²) in [5.41, 5.74) is 22.8. The Kier molecular flexibility index (Phi) is 13.4. The summed E-state index contributed by atoms with van der Waals surface area (Å²) in [6.07, 6.45) is 20.1. The van der Waals surface area contributed by atoms with Gasteiger partial charge in [0, 0.05) is 34.4 Å². The Morgan fingerprint density at radius 1 is 0.485 bits per heavy atom. The maximum absolute atomic E-state index is 10.5. The number of benzene rings is 3. The minimum Gasteiger partial charge on any atom is -0.504 e. The van der Waals surface area contributed by atoms with Gasteiger partial charge >= 0.3 is 0 Å². The van der Waals surface area contributed by atoms with Gasteiger partial charge < -0.3 is 24.1 Å². The highest BCUT2D eigenvalue weighted by molar-refractivity contribution is 5.85. The Hall–Kier alpha value is -4.45. The first-order valence-corrected chi connectivity index (χ1v) is 26.7. The van der Waals surface area contributed by atoms with Crippen molar-refractivity contribution in [3.05, 3.63) is 108 Å². The molecule has 0 unspecified atom stereocenters. The second-order valence-corrected chi connectivity index (χ2v) is 23.8. The quantitative estimate of drug-likeness (QED) is 0.157. The van der Waals surface area contributed by atoms with Crippen LogP contribution >= 0.6 is 0 Å².